The van der Waals surface area contributed by atoms with Crippen molar-refractivity contribution in [2.45, 2.75) is 33.1 Å². The molecule has 0 aromatic heterocycles. The zero-order valence-electron chi connectivity index (χ0n) is 8.38. The van der Waals surface area contributed by atoms with Crippen molar-refractivity contribution < 1.29 is 9.59 Å². The van der Waals surface area contributed by atoms with Crippen LogP contribution in [0.5, 0.6) is 0 Å². The number of ketones is 1. The van der Waals surface area contributed by atoms with E-state index in [0.29, 0.717) is 0 Å². The van der Waals surface area contributed by atoms with Crippen LogP contribution in [-0.4, -0.2) is 29.7 Å². The summed E-state index contributed by atoms with van der Waals surface area (Å²) in [6.45, 7) is 4.81. The van der Waals surface area contributed by atoms with Crippen LogP contribution in [0, 0.1) is 5.92 Å². The van der Waals surface area contributed by atoms with E-state index in [1.165, 1.54) is 0 Å². The van der Waals surface area contributed by atoms with Gasteiger partial charge >= 0.3 is 0 Å². The van der Waals surface area contributed by atoms with Crippen molar-refractivity contribution in [1.29, 1.82) is 0 Å². The lowest BCUT2D eigenvalue weighted by atomic mass is 9.97. The van der Waals surface area contributed by atoms with Gasteiger partial charge < -0.3 is 4.90 Å². The number of amides is 1. The monoisotopic (exact) mass is 183 g/mol. The van der Waals surface area contributed by atoms with Gasteiger partial charge in [-0.1, -0.05) is 0 Å². The first kappa shape index (κ1) is 10.2. The Morgan fingerprint density at radius 1 is 1.15 bits per heavy atom. The molecule has 0 aromatic rings. The van der Waals surface area contributed by atoms with Gasteiger partial charge in [0.25, 0.3) is 0 Å². The molecular weight excluding hydrogens is 166 g/mol. The number of hydrogen-bond donors (Lipinski definition) is 0. The lowest BCUT2D eigenvalue weighted by Gasteiger charge is -2.17. The van der Waals surface area contributed by atoms with Crippen LogP contribution >= 0.6 is 0 Å². The average Bonchev–Trinajstić information content (AvgIpc) is 2.27. The molecule has 1 atom stereocenters. The van der Waals surface area contributed by atoms with Crippen molar-refractivity contribution in [1.82, 2.24) is 4.90 Å². The molecule has 0 spiro atoms. The average molecular weight is 183 g/mol. The Bertz CT molecular complexity index is 191. The molecule has 74 valence electrons. The van der Waals surface area contributed by atoms with Gasteiger partial charge in [0.15, 0.2) is 0 Å². The lowest BCUT2D eigenvalue weighted by Crippen LogP contribution is -2.29. The third-order valence-electron chi connectivity index (χ3n) is 2.75. The summed E-state index contributed by atoms with van der Waals surface area (Å²) < 4.78 is 0. The van der Waals surface area contributed by atoms with Crippen LogP contribution in [-0.2, 0) is 9.59 Å². The smallest absolute Gasteiger partial charge is 0.219 e. The van der Waals surface area contributed by atoms with Gasteiger partial charge in [-0.2, -0.15) is 0 Å². The van der Waals surface area contributed by atoms with E-state index in [1.807, 2.05) is 4.90 Å². The SMILES string of the molecule is CC(=O)C1CCCN(C(C)=O)CC1. The maximum Gasteiger partial charge on any atom is 0.219 e. The normalized spacial score (nSPS) is 23.8. The zero-order valence-corrected chi connectivity index (χ0v) is 8.38. The predicted molar refractivity (Wildman–Crippen MR) is 50.3 cm³/mol. The number of rotatable bonds is 1. The second kappa shape index (κ2) is 4.40. The fraction of sp³-hybridized carbons (Fsp3) is 0.800. The minimum Gasteiger partial charge on any atom is -0.343 e. The molecule has 1 amide bonds. The summed E-state index contributed by atoms with van der Waals surface area (Å²) in [7, 11) is 0. The molecule has 3 heteroatoms. The summed E-state index contributed by atoms with van der Waals surface area (Å²) in [5.41, 5.74) is 0. The van der Waals surface area contributed by atoms with Crippen LogP contribution in [0.1, 0.15) is 33.1 Å². The third kappa shape index (κ3) is 2.83. The minimum absolute atomic E-state index is 0.129. The Balaban J connectivity index is 2.48. The highest BCUT2D eigenvalue weighted by atomic mass is 16.2. The van der Waals surface area contributed by atoms with Gasteiger partial charge in [-0.25, -0.2) is 0 Å². The summed E-state index contributed by atoms with van der Waals surface area (Å²) in [4.78, 5) is 24.0. The Labute approximate surface area is 79.1 Å². The molecule has 0 bridgehead atoms. The molecule has 13 heavy (non-hydrogen) atoms. The van der Waals surface area contributed by atoms with Gasteiger partial charge in [-0.15, -0.1) is 0 Å². The van der Waals surface area contributed by atoms with Gasteiger partial charge in [0.05, 0.1) is 0 Å². The number of carbonyl (C=O) groups is 2. The minimum atomic E-state index is 0.129. The molecule has 1 fully saturated rings. The van der Waals surface area contributed by atoms with Crippen molar-refractivity contribution in [3.05, 3.63) is 0 Å². The maximum atomic E-state index is 11.1. The topological polar surface area (TPSA) is 37.4 Å². The molecule has 1 aliphatic heterocycles. The second-order valence-electron chi connectivity index (χ2n) is 3.74. The molecule has 1 heterocycles. The van der Waals surface area contributed by atoms with E-state index in [9.17, 15) is 9.59 Å². The number of carbonyl (C=O) groups excluding carboxylic acids is 2. The quantitative estimate of drug-likeness (QED) is 0.613. The molecule has 1 aliphatic rings. The highest BCUT2D eigenvalue weighted by molar-refractivity contribution is 5.78. The Kier molecular flexibility index (Phi) is 3.46. The molecule has 1 saturated heterocycles. The van der Waals surface area contributed by atoms with Gasteiger partial charge in [0.2, 0.25) is 5.91 Å². The van der Waals surface area contributed by atoms with Crippen LogP contribution in [0.3, 0.4) is 0 Å². The molecule has 0 saturated carbocycles. The lowest BCUT2D eigenvalue weighted by molar-refractivity contribution is -0.129. The molecule has 0 aliphatic carbocycles. The molecule has 3 nitrogen and oxygen atoms in total. The largest absolute Gasteiger partial charge is 0.343 e. The summed E-state index contributed by atoms with van der Waals surface area (Å²) in [6, 6.07) is 0. The fourth-order valence-corrected chi connectivity index (χ4v) is 1.82. The molecular formula is C10H17NO2. The van der Waals surface area contributed by atoms with E-state index >= 15 is 0 Å². The first-order chi connectivity index (χ1) is 6.11. The first-order valence-electron chi connectivity index (χ1n) is 4.87. The summed E-state index contributed by atoms with van der Waals surface area (Å²) >= 11 is 0. The molecule has 0 aromatic carbocycles. The van der Waals surface area contributed by atoms with Gasteiger partial charge in [-0.05, 0) is 26.2 Å². The van der Waals surface area contributed by atoms with Crippen LogP contribution in [0.4, 0.5) is 0 Å². The molecule has 1 unspecified atom stereocenters. The highest BCUT2D eigenvalue weighted by Gasteiger charge is 2.20. The number of Topliss-reactive ketones (excluding diaryl/α,β-unsaturated/α-hetero) is 1. The van der Waals surface area contributed by atoms with Gasteiger partial charge in [-0.3, -0.25) is 9.59 Å². The number of likely N-dealkylation sites (tertiary alicyclic amines) is 1. The Morgan fingerprint density at radius 3 is 2.38 bits per heavy atom. The van der Waals surface area contributed by atoms with Crippen LogP contribution in [0.2, 0.25) is 0 Å². The van der Waals surface area contributed by atoms with Crippen LogP contribution < -0.4 is 0 Å². The molecule has 0 radical (unpaired) electrons. The van der Waals surface area contributed by atoms with Gasteiger partial charge in [0.1, 0.15) is 5.78 Å². The van der Waals surface area contributed by atoms with E-state index in [1.54, 1.807) is 13.8 Å². The van der Waals surface area contributed by atoms with E-state index < -0.39 is 0 Å². The number of hydrogen-bond acceptors (Lipinski definition) is 2. The fourth-order valence-electron chi connectivity index (χ4n) is 1.82. The van der Waals surface area contributed by atoms with Crippen LogP contribution in [0.15, 0.2) is 0 Å². The number of nitrogens with zero attached hydrogens (tertiary/aromatic N) is 1. The van der Waals surface area contributed by atoms with Crippen molar-refractivity contribution in [2.75, 3.05) is 13.1 Å². The Hall–Kier alpha value is -0.860. The van der Waals surface area contributed by atoms with Crippen molar-refractivity contribution in [3.8, 4) is 0 Å². The van der Waals surface area contributed by atoms with E-state index in [4.69, 9.17) is 0 Å². The maximum absolute atomic E-state index is 11.1. The van der Waals surface area contributed by atoms with Crippen molar-refractivity contribution in [2.24, 2.45) is 5.92 Å². The third-order valence-corrected chi connectivity index (χ3v) is 2.75. The first-order valence-corrected chi connectivity index (χ1v) is 4.87. The standard InChI is InChI=1S/C10H17NO2/c1-8(12)10-4-3-6-11(7-5-10)9(2)13/h10H,3-7H2,1-2H3. The summed E-state index contributed by atoms with van der Waals surface area (Å²) in [5, 5.41) is 0. The van der Waals surface area contributed by atoms with E-state index in [0.717, 1.165) is 32.4 Å². The predicted octanol–water partition coefficient (Wildman–Crippen LogP) is 1.22. The van der Waals surface area contributed by atoms with E-state index in [2.05, 4.69) is 0 Å². The highest BCUT2D eigenvalue weighted by Crippen LogP contribution is 2.18. The molecule has 1 rings (SSSR count). The zero-order chi connectivity index (χ0) is 9.84. The van der Waals surface area contributed by atoms with E-state index in [-0.39, 0.29) is 17.6 Å². The van der Waals surface area contributed by atoms with Crippen molar-refractivity contribution >= 4 is 11.7 Å². The Morgan fingerprint density at radius 2 is 1.85 bits per heavy atom. The molecule has 0 N–H and O–H groups in total. The second-order valence-corrected chi connectivity index (χ2v) is 3.74. The van der Waals surface area contributed by atoms with Gasteiger partial charge in [0, 0.05) is 25.9 Å². The summed E-state index contributed by atoms with van der Waals surface area (Å²) in [6.07, 6.45) is 2.75. The van der Waals surface area contributed by atoms with Crippen molar-refractivity contribution in [3.63, 3.8) is 0 Å². The van der Waals surface area contributed by atoms with Crippen LogP contribution in [0.25, 0.3) is 0 Å². The summed E-state index contributed by atoms with van der Waals surface area (Å²) in [5.74, 6) is 0.582.